The van der Waals surface area contributed by atoms with E-state index >= 15 is 0 Å². The number of nitrogens with one attached hydrogen (secondary N) is 1. The number of hydrogen-bond acceptors (Lipinski definition) is 4. The number of hydrogen-bond donors (Lipinski definition) is 2. The number of benzene rings is 1. The van der Waals surface area contributed by atoms with Crippen LogP contribution in [0.2, 0.25) is 0 Å². The number of methoxy groups -OCH3 is 2. The second-order valence-corrected chi connectivity index (χ2v) is 6.35. The molecule has 1 aliphatic carbocycles. The Morgan fingerprint density at radius 3 is 2.19 bits per heavy atom. The molecule has 0 saturated heterocycles. The lowest BCUT2D eigenvalue weighted by molar-refractivity contribution is 0.307. The van der Waals surface area contributed by atoms with Crippen LogP contribution in [-0.2, 0) is 0 Å². The molecule has 0 spiro atoms. The SMILES string of the molecule is COc1cc(OC)cc(OCCCN=C(N)NC2CCCCCC2)c1.I. The van der Waals surface area contributed by atoms with Gasteiger partial charge >= 0.3 is 0 Å². The molecule has 0 unspecified atom stereocenters. The molecule has 1 fully saturated rings. The van der Waals surface area contributed by atoms with Gasteiger partial charge in [-0.3, -0.25) is 4.99 Å². The Bertz CT molecular complexity index is 525. The maximum absolute atomic E-state index is 5.99. The lowest BCUT2D eigenvalue weighted by Gasteiger charge is -2.16. The van der Waals surface area contributed by atoms with Crippen LogP contribution in [-0.4, -0.2) is 39.4 Å². The van der Waals surface area contributed by atoms with Crippen molar-refractivity contribution in [3.8, 4) is 17.2 Å². The lowest BCUT2D eigenvalue weighted by atomic mass is 10.1. The summed E-state index contributed by atoms with van der Waals surface area (Å²) in [6.45, 7) is 1.21. The van der Waals surface area contributed by atoms with Crippen LogP contribution >= 0.6 is 24.0 Å². The second kappa shape index (κ2) is 12.9. The van der Waals surface area contributed by atoms with Gasteiger partial charge in [0.15, 0.2) is 5.96 Å². The molecule has 0 radical (unpaired) electrons. The van der Waals surface area contributed by atoms with E-state index in [4.69, 9.17) is 19.9 Å². The molecule has 0 amide bonds. The van der Waals surface area contributed by atoms with Crippen LogP contribution in [0, 0.1) is 0 Å². The first-order valence-corrected chi connectivity index (χ1v) is 9.13. The fourth-order valence-corrected chi connectivity index (χ4v) is 3.00. The predicted molar refractivity (Wildman–Crippen MR) is 116 cm³/mol. The van der Waals surface area contributed by atoms with Gasteiger partial charge in [0, 0.05) is 37.2 Å². The Balaban J connectivity index is 0.00000338. The maximum Gasteiger partial charge on any atom is 0.188 e. The first-order valence-electron chi connectivity index (χ1n) is 9.13. The molecule has 2 rings (SSSR count). The van der Waals surface area contributed by atoms with E-state index in [9.17, 15) is 0 Å². The number of nitrogens with zero attached hydrogens (tertiary/aromatic N) is 1. The summed E-state index contributed by atoms with van der Waals surface area (Å²) in [5.41, 5.74) is 5.99. The van der Waals surface area contributed by atoms with Gasteiger partial charge in [0.25, 0.3) is 0 Å². The fourth-order valence-electron chi connectivity index (χ4n) is 3.00. The smallest absolute Gasteiger partial charge is 0.188 e. The van der Waals surface area contributed by atoms with Crippen molar-refractivity contribution in [2.75, 3.05) is 27.4 Å². The van der Waals surface area contributed by atoms with E-state index in [0.717, 1.165) is 12.2 Å². The minimum absolute atomic E-state index is 0. The van der Waals surface area contributed by atoms with Gasteiger partial charge in [0.1, 0.15) is 17.2 Å². The van der Waals surface area contributed by atoms with Crippen LogP contribution < -0.4 is 25.3 Å². The van der Waals surface area contributed by atoms with Gasteiger partial charge in [0.2, 0.25) is 0 Å². The zero-order chi connectivity index (χ0) is 17.9. The van der Waals surface area contributed by atoms with Gasteiger partial charge in [0.05, 0.1) is 20.8 Å². The van der Waals surface area contributed by atoms with Crippen molar-refractivity contribution >= 4 is 29.9 Å². The van der Waals surface area contributed by atoms with Crippen molar-refractivity contribution in [1.29, 1.82) is 0 Å². The monoisotopic (exact) mass is 477 g/mol. The Morgan fingerprint density at radius 1 is 1.04 bits per heavy atom. The molecular formula is C19H32IN3O3. The number of halogens is 1. The average molecular weight is 477 g/mol. The van der Waals surface area contributed by atoms with E-state index in [1.807, 2.05) is 18.2 Å². The Kier molecular flexibility index (Phi) is 11.2. The molecule has 1 aromatic rings. The van der Waals surface area contributed by atoms with Crippen molar-refractivity contribution in [1.82, 2.24) is 5.32 Å². The van der Waals surface area contributed by atoms with Gasteiger partial charge in [-0.05, 0) is 12.8 Å². The minimum atomic E-state index is 0. The molecule has 1 saturated carbocycles. The third-order valence-electron chi connectivity index (χ3n) is 4.39. The van der Waals surface area contributed by atoms with E-state index in [2.05, 4.69) is 10.3 Å². The first-order chi connectivity index (χ1) is 12.2. The zero-order valence-corrected chi connectivity index (χ0v) is 18.2. The largest absolute Gasteiger partial charge is 0.496 e. The van der Waals surface area contributed by atoms with Gasteiger partial charge in [-0.25, -0.2) is 0 Å². The maximum atomic E-state index is 5.99. The summed E-state index contributed by atoms with van der Waals surface area (Å²) in [6, 6.07) is 5.98. The van der Waals surface area contributed by atoms with E-state index in [0.29, 0.717) is 36.7 Å². The lowest BCUT2D eigenvalue weighted by Crippen LogP contribution is -2.39. The van der Waals surface area contributed by atoms with Gasteiger partial charge in [-0.2, -0.15) is 0 Å². The number of rotatable bonds is 8. The van der Waals surface area contributed by atoms with Crippen molar-refractivity contribution in [3.05, 3.63) is 18.2 Å². The Labute approximate surface area is 173 Å². The molecule has 0 atom stereocenters. The van der Waals surface area contributed by atoms with Crippen LogP contribution in [0.3, 0.4) is 0 Å². The molecule has 6 nitrogen and oxygen atoms in total. The topological polar surface area (TPSA) is 78.1 Å². The summed E-state index contributed by atoms with van der Waals surface area (Å²) in [7, 11) is 3.24. The van der Waals surface area contributed by atoms with E-state index in [1.165, 1.54) is 38.5 Å². The average Bonchev–Trinajstić information content (AvgIpc) is 2.89. The van der Waals surface area contributed by atoms with Crippen molar-refractivity contribution in [2.24, 2.45) is 10.7 Å². The van der Waals surface area contributed by atoms with E-state index in [1.54, 1.807) is 14.2 Å². The first kappa shape index (κ1) is 22.7. The minimum Gasteiger partial charge on any atom is -0.496 e. The predicted octanol–water partition coefficient (Wildman–Crippen LogP) is 3.72. The van der Waals surface area contributed by atoms with E-state index in [-0.39, 0.29) is 24.0 Å². The van der Waals surface area contributed by atoms with Crippen LogP contribution in [0.25, 0.3) is 0 Å². The Morgan fingerprint density at radius 2 is 1.62 bits per heavy atom. The quantitative estimate of drug-likeness (QED) is 0.196. The summed E-state index contributed by atoms with van der Waals surface area (Å²) in [5, 5.41) is 3.35. The molecule has 1 aromatic carbocycles. The molecule has 7 heteroatoms. The fraction of sp³-hybridized carbons (Fsp3) is 0.632. The highest BCUT2D eigenvalue weighted by Gasteiger charge is 2.12. The number of nitrogens with two attached hydrogens (primary N) is 1. The third kappa shape index (κ3) is 8.33. The second-order valence-electron chi connectivity index (χ2n) is 6.35. The number of aliphatic imine (C=N–C) groups is 1. The van der Waals surface area contributed by atoms with Crippen molar-refractivity contribution < 1.29 is 14.2 Å². The van der Waals surface area contributed by atoms with Crippen molar-refractivity contribution in [3.63, 3.8) is 0 Å². The Hall–Kier alpha value is -1.38. The highest BCUT2D eigenvalue weighted by molar-refractivity contribution is 14.0. The zero-order valence-electron chi connectivity index (χ0n) is 15.8. The normalized spacial score (nSPS) is 15.5. The molecular weight excluding hydrogens is 445 g/mol. The molecule has 0 bridgehead atoms. The van der Waals surface area contributed by atoms with E-state index < -0.39 is 0 Å². The van der Waals surface area contributed by atoms with Gasteiger partial charge in [-0.1, -0.05) is 25.7 Å². The van der Waals surface area contributed by atoms with Crippen LogP contribution in [0.4, 0.5) is 0 Å². The molecule has 0 heterocycles. The van der Waals surface area contributed by atoms with Crippen LogP contribution in [0.5, 0.6) is 17.2 Å². The molecule has 0 aliphatic heterocycles. The molecule has 26 heavy (non-hydrogen) atoms. The van der Waals surface area contributed by atoms with Crippen LogP contribution in [0.15, 0.2) is 23.2 Å². The summed E-state index contributed by atoms with van der Waals surface area (Å²) < 4.78 is 16.2. The molecule has 148 valence electrons. The third-order valence-corrected chi connectivity index (χ3v) is 4.39. The highest BCUT2D eigenvalue weighted by Crippen LogP contribution is 2.27. The number of guanidine groups is 1. The van der Waals surface area contributed by atoms with Gasteiger partial charge in [-0.15, -0.1) is 24.0 Å². The highest BCUT2D eigenvalue weighted by atomic mass is 127. The van der Waals surface area contributed by atoms with Crippen LogP contribution in [0.1, 0.15) is 44.9 Å². The summed E-state index contributed by atoms with van der Waals surface area (Å²) in [5.74, 6) is 2.70. The summed E-state index contributed by atoms with van der Waals surface area (Å²) >= 11 is 0. The molecule has 1 aliphatic rings. The number of ether oxygens (including phenoxy) is 3. The molecule has 0 aromatic heterocycles. The standard InChI is InChI=1S/C19H31N3O3.HI/c1-23-16-12-17(24-2)14-18(13-16)25-11-7-10-21-19(20)22-15-8-5-3-4-6-9-15;/h12-15H,3-11H2,1-2H3,(H3,20,21,22);1H. The summed E-state index contributed by atoms with van der Waals surface area (Å²) in [6.07, 6.45) is 8.41. The van der Waals surface area contributed by atoms with Crippen molar-refractivity contribution in [2.45, 2.75) is 51.0 Å². The summed E-state index contributed by atoms with van der Waals surface area (Å²) in [4.78, 5) is 4.40. The van der Waals surface area contributed by atoms with Gasteiger partial charge < -0.3 is 25.3 Å². The molecule has 3 N–H and O–H groups in total.